The molecular formula is C15H8F7N3O2. The second kappa shape index (κ2) is 6.85. The Labute approximate surface area is 146 Å². The lowest BCUT2D eigenvalue weighted by molar-refractivity contribution is -0.143. The quantitative estimate of drug-likeness (QED) is 0.779. The van der Waals surface area contributed by atoms with Gasteiger partial charge in [-0.15, -0.1) is 0 Å². The largest absolute Gasteiger partial charge is 0.417 e. The molecule has 0 unspecified atom stereocenters. The van der Waals surface area contributed by atoms with Gasteiger partial charge < -0.3 is 11.1 Å². The first-order chi connectivity index (χ1) is 12.3. The second-order valence-corrected chi connectivity index (χ2v) is 5.12. The van der Waals surface area contributed by atoms with Crippen LogP contribution in [-0.4, -0.2) is 16.8 Å². The topological polar surface area (TPSA) is 85.1 Å². The SMILES string of the molecule is NC(=O)c1cc(NC(=O)c2c(F)cc(C(F)(F)F)cc2C(F)(F)F)ccn1. The fourth-order valence-corrected chi connectivity index (χ4v) is 2.06. The van der Waals surface area contributed by atoms with Gasteiger partial charge in [0.2, 0.25) is 0 Å². The van der Waals surface area contributed by atoms with Gasteiger partial charge in [-0.2, -0.15) is 26.3 Å². The van der Waals surface area contributed by atoms with Gasteiger partial charge in [-0.25, -0.2) is 4.39 Å². The average molecular weight is 395 g/mol. The van der Waals surface area contributed by atoms with Crippen LogP contribution in [0.2, 0.25) is 0 Å². The predicted molar refractivity (Wildman–Crippen MR) is 77.1 cm³/mol. The third-order valence-corrected chi connectivity index (χ3v) is 3.22. The molecule has 27 heavy (non-hydrogen) atoms. The molecule has 0 radical (unpaired) electrons. The maximum absolute atomic E-state index is 14.0. The van der Waals surface area contributed by atoms with Gasteiger partial charge in [-0.3, -0.25) is 14.6 Å². The van der Waals surface area contributed by atoms with Gasteiger partial charge in [-0.1, -0.05) is 0 Å². The van der Waals surface area contributed by atoms with Crippen LogP contribution in [0.1, 0.15) is 32.0 Å². The van der Waals surface area contributed by atoms with Crippen molar-refractivity contribution in [3.63, 3.8) is 0 Å². The predicted octanol–water partition coefficient (Wildman–Crippen LogP) is 3.61. The van der Waals surface area contributed by atoms with Crippen molar-refractivity contribution in [3.05, 3.63) is 58.7 Å². The summed E-state index contributed by atoms with van der Waals surface area (Å²) in [6.45, 7) is 0. The molecule has 0 spiro atoms. The van der Waals surface area contributed by atoms with E-state index in [-0.39, 0.29) is 23.5 Å². The standard InChI is InChI=1S/C15H8F7N3O2/c16-9-4-6(14(17,18)19)3-8(15(20,21)22)11(9)13(27)25-7-1-2-24-10(5-7)12(23)26/h1-5H,(H2,23,26)(H,24,25,27). The van der Waals surface area contributed by atoms with E-state index in [1.54, 1.807) is 0 Å². The van der Waals surface area contributed by atoms with E-state index < -0.39 is 46.7 Å². The number of nitrogens with zero attached hydrogens (tertiary/aromatic N) is 1. The number of primary amides is 1. The Morgan fingerprint density at radius 3 is 2.15 bits per heavy atom. The number of amides is 2. The summed E-state index contributed by atoms with van der Waals surface area (Å²) in [5, 5.41) is 1.86. The van der Waals surface area contributed by atoms with Crippen molar-refractivity contribution in [1.82, 2.24) is 4.98 Å². The number of carbonyl (C=O) groups excluding carboxylic acids is 2. The average Bonchev–Trinajstić information content (AvgIpc) is 2.52. The van der Waals surface area contributed by atoms with Crippen LogP contribution in [0.25, 0.3) is 0 Å². The Bertz CT molecular complexity index is 907. The molecule has 1 aromatic carbocycles. The number of pyridine rings is 1. The molecule has 0 saturated heterocycles. The molecular weight excluding hydrogens is 387 g/mol. The van der Waals surface area contributed by atoms with Crippen molar-refractivity contribution in [3.8, 4) is 0 Å². The van der Waals surface area contributed by atoms with Crippen LogP contribution in [0, 0.1) is 5.82 Å². The smallest absolute Gasteiger partial charge is 0.364 e. The molecule has 0 saturated carbocycles. The maximum atomic E-state index is 14.0. The number of nitrogens with one attached hydrogen (secondary N) is 1. The zero-order chi connectivity index (χ0) is 20.6. The summed E-state index contributed by atoms with van der Waals surface area (Å²) in [4.78, 5) is 26.6. The van der Waals surface area contributed by atoms with Gasteiger partial charge in [-0.05, 0) is 24.3 Å². The molecule has 0 fully saturated rings. The van der Waals surface area contributed by atoms with E-state index in [1.807, 2.05) is 5.32 Å². The summed E-state index contributed by atoms with van der Waals surface area (Å²) in [5.41, 5.74) is -1.29. The number of carbonyl (C=O) groups is 2. The van der Waals surface area contributed by atoms with Gasteiger partial charge >= 0.3 is 12.4 Å². The van der Waals surface area contributed by atoms with E-state index in [9.17, 15) is 40.3 Å². The van der Waals surface area contributed by atoms with E-state index in [4.69, 9.17) is 5.73 Å². The zero-order valence-electron chi connectivity index (χ0n) is 12.9. The number of benzene rings is 1. The highest BCUT2D eigenvalue weighted by atomic mass is 19.4. The number of rotatable bonds is 3. The summed E-state index contributed by atoms with van der Waals surface area (Å²) in [5.74, 6) is -4.70. The molecule has 2 rings (SSSR count). The van der Waals surface area contributed by atoms with Crippen molar-refractivity contribution >= 4 is 17.5 Å². The first-order valence-electron chi connectivity index (χ1n) is 6.86. The zero-order valence-corrected chi connectivity index (χ0v) is 12.9. The summed E-state index contributed by atoms with van der Waals surface area (Å²) in [7, 11) is 0. The highest BCUT2D eigenvalue weighted by molar-refractivity contribution is 6.06. The summed E-state index contributed by atoms with van der Waals surface area (Å²) < 4.78 is 91.2. The lowest BCUT2D eigenvalue weighted by Crippen LogP contribution is -2.22. The number of nitrogens with two attached hydrogens (primary N) is 1. The van der Waals surface area contributed by atoms with Gasteiger partial charge in [0.05, 0.1) is 16.7 Å². The molecule has 0 bridgehead atoms. The molecule has 1 heterocycles. The number of anilines is 1. The molecule has 0 atom stereocenters. The summed E-state index contributed by atoms with van der Waals surface area (Å²) in [6.07, 6.45) is -9.70. The van der Waals surface area contributed by atoms with Crippen LogP contribution >= 0.6 is 0 Å². The fourth-order valence-electron chi connectivity index (χ4n) is 2.06. The molecule has 144 valence electrons. The first-order valence-corrected chi connectivity index (χ1v) is 6.86. The number of aromatic nitrogens is 1. The third-order valence-electron chi connectivity index (χ3n) is 3.22. The normalized spacial score (nSPS) is 12.0. The molecule has 1 aromatic heterocycles. The van der Waals surface area contributed by atoms with Crippen LogP contribution in [0.3, 0.4) is 0 Å². The molecule has 3 N–H and O–H groups in total. The van der Waals surface area contributed by atoms with E-state index in [0.29, 0.717) is 0 Å². The highest BCUT2D eigenvalue weighted by Gasteiger charge is 2.41. The second-order valence-electron chi connectivity index (χ2n) is 5.12. The minimum absolute atomic E-state index is 0.217. The Kier molecular flexibility index (Phi) is 5.11. The highest BCUT2D eigenvalue weighted by Crippen LogP contribution is 2.38. The molecule has 0 aliphatic rings. The monoisotopic (exact) mass is 395 g/mol. The van der Waals surface area contributed by atoms with Crippen LogP contribution in [0.4, 0.5) is 36.4 Å². The Hall–Kier alpha value is -3.18. The van der Waals surface area contributed by atoms with E-state index in [0.717, 1.165) is 18.3 Å². The summed E-state index contributed by atoms with van der Waals surface area (Å²) >= 11 is 0. The van der Waals surface area contributed by atoms with Crippen molar-refractivity contribution in [2.75, 3.05) is 5.32 Å². The first kappa shape index (κ1) is 20.1. The number of halogens is 7. The van der Waals surface area contributed by atoms with Crippen molar-refractivity contribution < 1.29 is 40.3 Å². The van der Waals surface area contributed by atoms with Gasteiger partial charge in [0, 0.05) is 11.9 Å². The maximum Gasteiger partial charge on any atom is 0.417 e. The van der Waals surface area contributed by atoms with Crippen LogP contribution in [0.5, 0.6) is 0 Å². The fraction of sp³-hybridized carbons (Fsp3) is 0.133. The molecule has 12 heteroatoms. The summed E-state index contributed by atoms with van der Waals surface area (Å²) in [6, 6.07) is 1.37. The Morgan fingerprint density at radius 1 is 1.00 bits per heavy atom. The Balaban J connectivity index is 2.52. The van der Waals surface area contributed by atoms with Gasteiger partial charge in [0.1, 0.15) is 11.5 Å². The van der Waals surface area contributed by atoms with Crippen molar-refractivity contribution in [1.29, 1.82) is 0 Å². The molecule has 5 nitrogen and oxygen atoms in total. The van der Waals surface area contributed by atoms with Gasteiger partial charge in [0.15, 0.2) is 0 Å². The lowest BCUT2D eigenvalue weighted by Gasteiger charge is -2.16. The van der Waals surface area contributed by atoms with Crippen molar-refractivity contribution in [2.24, 2.45) is 5.73 Å². The third kappa shape index (κ3) is 4.51. The van der Waals surface area contributed by atoms with E-state index >= 15 is 0 Å². The van der Waals surface area contributed by atoms with E-state index in [1.165, 1.54) is 0 Å². The van der Waals surface area contributed by atoms with Gasteiger partial charge in [0.25, 0.3) is 11.8 Å². The minimum atomic E-state index is -5.44. The molecule has 2 amide bonds. The number of hydrogen-bond acceptors (Lipinski definition) is 3. The number of alkyl halides is 6. The van der Waals surface area contributed by atoms with Crippen LogP contribution in [-0.2, 0) is 12.4 Å². The molecule has 2 aromatic rings. The van der Waals surface area contributed by atoms with E-state index in [2.05, 4.69) is 4.98 Å². The molecule has 0 aliphatic carbocycles. The number of hydrogen-bond donors (Lipinski definition) is 2. The Morgan fingerprint density at radius 2 is 1.63 bits per heavy atom. The minimum Gasteiger partial charge on any atom is -0.364 e. The van der Waals surface area contributed by atoms with Crippen LogP contribution < -0.4 is 11.1 Å². The molecule has 0 aliphatic heterocycles. The van der Waals surface area contributed by atoms with Crippen molar-refractivity contribution in [2.45, 2.75) is 12.4 Å². The lowest BCUT2D eigenvalue weighted by atomic mass is 10.0. The van der Waals surface area contributed by atoms with Crippen LogP contribution in [0.15, 0.2) is 30.5 Å².